The van der Waals surface area contributed by atoms with Gasteiger partial charge in [-0.25, -0.2) is 0 Å². The molecule has 0 unspecified atom stereocenters. The first-order valence-corrected chi connectivity index (χ1v) is 11.2. The quantitative estimate of drug-likeness (QED) is 0.498. The van der Waals surface area contributed by atoms with E-state index in [9.17, 15) is 9.59 Å². The van der Waals surface area contributed by atoms with E-state index >= 15 is 0 Å². The standard InChI is InChI=1S/C26H25ClN2O5/c1-32-23-10-5-17(13-24(23)33-2)6-12-25(30)28-20-9-11-22-21(14-20)29(26(31)16-34-22)15-18-3-7-19(27)8-4-18/h3-5,7-11,13-14H,6,12,15-16H2,1-2H3,(H,28,30). The minimum atomic E-state index is -0.153. The van der Waals surface area contributed by atoms with Crippen molar-refractivity contribution in [1.29, 1.82) is 0 Å². The lowest BCUT2D eigenvalue weighted by atomic mass is 10.1. The molecular weight excluding hydrogens is 456 g/mol. The molecule has 34 heavy (non-hydrogen) atoms. The van der Waals surface area contributed by atoms with E-state index in [-0.39, 0.29) is 24.8 Å². The van der Waals surface area contributed by atoms with Crippen molar-refractivity contribution in [1.82, 2.24) is 0 Å². The number of carbonyl (C=O) groups excluding carboxylic acids is 2. The summed E-state index contributed by atoms with van der Waals surface area (Å²) in [5, 5.41) is 3.55. The van der Waals surface area contributed by atoms with Crippen molar-refractivity contribution < 1.29 is 23.8 Å². The molecule has 3 aromatic carbocycles. The lowest BCUT2D eigenvalue weighted by molar-refractivity contribution is -0.121. The highest BCUT2D eigenvalue weighted by atomic mass is 35.5. The Morgan fingerprint density at radius 1 is 1.00 bits per heavy atom. The van der Waals surface area contributed by atoms with E-state index in [1.54, 1.807) is 49.5 Å². The number of carbonyl (C=O) groups is 2. The van der Waals surface area contributed by atoms with Gasteiger partial charge in [0.2, 0.25) is 5.91 Å². The van der Waals surface area contributed by atoms with Crippen molar-refractivity contribution in [3.8, 4) is 17.2 Å². The second-order valence-corrected chi connectivity index (χ2v) is 8.25. The molecule has 0 saturated heterocycles. The van der Waals surface area contributed by atoms with Crippen molar-refractivity contribution in [3.05, 3.63) is 76.8 Å². The van der Waals surface area contributed by atoms with Gasteiger partial charge in [0.25, 0.3) is 5.91 Å². The number of aryl methyl sites for hydroxylation is 1. The average Bonchev–Trinajstić information content (AvgIpc) is 2.85. The summed E-state index contributed by atoms with van der Waals surface area (Å²) in [5.41, 5.74) is 3.11. The Kier molecular flexibility index (Phi) is 7.23. The lowest BCUT2D eigenvalue weighted by Gasteiger charge is -2.30. The normalized spacial score (nSPS) is 12.6. The van der Waals surface area contributed by atoms with Gasteiger partial charge in [-0.3, -0.25) is 9.59 Å². The minimum Gasteiger partial charge on any atom is -0.493 e. The molecular formula is C26H25ClN2O5. The van der Waals surface area contributed by atoms with E-state index in [0.29, 0.717) is 46.6 Å². The summed E-state index contributed by atoms with van der Waals surface area (Å²) in [7, 11) is 3.16. The van der Waals surface area contributed by atoms with E-state index in [4.69, 9.17) is 25.8 Å². The molecule has 2 amide bonds. The molecule has 0 aliphatic carbocycles. The van der Waals surface area contributed by atoms with Gasteiger partial charge in [0, 0.05) is 17.1 Å². The fourth-order valence-corrected chi connectivity index (χ4v) is 3.87. The maximum Gasteiger partial charge on any atom is 0.265 e. The lowest BCUT2D eigenvalue weighted by Crippen LogP contribution is -2.38. The van der Waals surface area contributed by atoms with Crippen LogP contribution in [0.5, 0.6) is 17.2 Å². The second-order valence-electron chi connectivity index (χ2n) is 7.82. The summed E-state index contributed by atoms with van der Waals surface area (Å²) in [6, 6.07) is 18.2. The molecule has 0 spiro atoms. The zero-order valence-electron chi connectivity index (χ0n) is 19.0. The van der Waals surface area contributed by atoms with Crippen LogP contribution in [0.3, 0.4) is 0 Å². The molecule has 1 heterocycles. The maximum atomic E-state index is 12.6. The zero-order valence-corrected chi connectivity index (χ0v) is 19.7. The molecule has 1 N–H and O–H groups in total. The SMILES string of the molecule is COc1ccc(CCC(=O)Nc2ccc3c(c2)N(Cc2ccc(Cl)cc2)C(=O)CO3)cc1OC. The number of rotatable bonds is 8. The molecule has 3 aromatic rings. The Balaban J connectivity index is 1.44. The highest BCUT2D eigenvalue weighted by Crippen LogP contribution is 2.36. The molecule has 0 fully saturated rings. The van der Waals surface area contributed by atoms with Crippen LogP contribution in [-0.2, 0) is 22.6 Å². The fourth-order valence-electron chi connectivity index (χ4n) is 3.74. The zero-order chi connectivity index (χ0) is 24.1. The first-order chi connectivity index (χ1) is 16.5. The van der Waals surface area contributed by atoms with Crippen molar-refractivity contribution in [2.24, 2.45) is 0 Å². The first-order valence-electron chi connectivity index (χ1n) is 10.8. The molecule has 0 bridgehead atoms. The van der Waals surface area contributed by atoms with E-state index in [1.807, 2.05) is 30.3 Å². The topological polar surface area (TPSA) is 77.1 Å². The van der Waals surface area contributed by atoms with Gasteiger partial charge in [-0.2, -0.15) is 0 Å². The largest absolute Gasteiger partial charge is 0.493 e. The van der Waals surface area contributed by atoms with Crippen molar-refractivity contribution >= 4 is 34.8 Å². The highest BCUT2D eigenvalue weighted by molar-refractivity contribution is 6.30. The maximum absolute atomic E-state index is 12.6. The first kappa shape index (κ1) is 23.4. The third kappa shape index (κ3) is 5.43. The summed E-state index contributed by atoms with van der Waals surface area (Å²) in [4.78, 5) is 26.9. The van der Waals surface area contributed by atoms with E-state index < -0.39 is 0 Å². The molecule has 0 saturated carbocycles. The van der Waals surface area contributed by atoms with Crippen LogP contribution in [0.25, 0.3) is 0 Å². The number of benzene rings is 3. The van der Waals surface area contributed by atoms with Gasteiger partial charge in [-0.15, -0.1) is 0 Å². The van der Waals surface area contributed by atoms with Crippen molar-refractivity contribution in [2.75, 3.05) is 31.0 Å². The molecule has 0 atom stereocenters. The predicted octanol–water partition coefficient (Wildman–Crippen LogP) is 4.85. The van der Waals surface area contributed by atoms with Crippen LogP contribution < -0.4 is 24.4 Å². The Morgan fingerprint density at radius 2 is 1.74 bits per heavy atom. The fraction of sp³-hybridized carbons (Fsp3) is 0.231. The molecule has 176 valence electrons. The average molecular weight is 481 g/mol. The Hall–Kier alpha value is -3.71. The number of nitrogens with one attached hydrogen (secondary N) is 1. The van der Waals surface area contributed by atoms with Gasteiger partial charge >= 0.3 is 0 Å². The number of ether oxygens (including phenoxy) is 3. The third-order valence-electron chi connectivity index (χ3n) is 5.53. The van der Waals surface area contributed by atoms with Crippen LogP contribution in [0, 0.1) is 0 Å². The molecule has 4 rings (SSSR count). The number of anilines is 2. The van der Waals surface area contributed by atoms with Crippen molar-refractivity contribution in [2.45, 2.75) is 19.4 Å². The number of hydrogen-bond acceptors (Lipinski definition) is 5. The van der Waals surface area contributed by atoms with Gasteiger partial charge in [-0.05, 0) is 60.0 Å². The number of fused-ring (bicyclic) bond motifs is 1. The molecule has 8 heteroatoms. The van der Waals surface area contributed by atoms with E-state index in [2.05, 4.69) is 5.32 Å². The second kappa shape index (κ2) is 10.5. The number of amides is 2. The van der Waals surface area contributed by atoms with Crippen LogP contribution in [0.1, 0.15) is 17.5 Å². The van der Waals surface area contributed by atoms with E-state index in [0.717, 1.165) is 11.1 Å². The Morgan fingerprint density at radius 3 is 2.47 bits per heavy atom. The summed E-state index contributed by atoms with van der Waals surface area (Å²) in [6.07, 6.45) is 0.831. The van der Waals surface area contributed by atoms with Gasteiger partial charge in [-0.1, -0.05) is 29.8 Å². The van der Waals surface area contributed by atoms with Gasteiger partial charge < -0.3 is 24.4 Å². The summed E-state index contributed by atoms with van der Waals surface area (Å²) in [6.45, 7) is 0.348. The van der Waals surface area contributed by atoms with Crippen LogP contribution in [0.2, 0.25) is 5.02 Å². The summed E-state index contributed by atoms with van der Waals surface area (Å²) >= 11 is 5.97. The van der Waals surface area contributed by atoms with Crippen LogP contribution in [0.15, 0.2) is 60.7 Å². The number of methoxy groups -OCH3 is 2. The highest BCUT2D eigenvalue weighted by Gasteiger charge is 2.26. The molecule has 1 aliphatic rings. The van der Waals surface area contributed by atoms with Crippen molar-refractivity contribution in [3.63, 3.8) is 0 Å². The number of hydrogen-bond donors (Lipinski definition) is 1. The van der Waals surface area contributed by atoms with Gasteiger partial charge in [0.05, 0.1) is 26.5 Å². The summed E-state index contributed by atoms with van der Waals surface area (Å²) < 4.78 is 16.2. The van der Waals surface area contributed by atoms with Crippen LogP contribution in [-0.4, -0.2) is 32.6 Å². The third-order valence-corrected chi connectivity index (χ3v) is 5.78. The number of halogens is 1. The summed E-state index contributed by atoms with van der Waals surface area (Å²) in [5.74, 6) is 1.57. The smallest absolute Gasteiger partial charge is 0.265 e. The minimum absolute atomic E-state index is 0.0301. The molecule has 7 nitrogen and oxygen atoms in total. The molecule has 1 aliphatic heterocycles. The molecule has 0 aromatic heterocycles. The number of nitrogens with zero attached hydrogens (tertiary/aromatic N) is 1. The Labute approximate surface area is 203 Å². The van der Waals surface area contributed by atoms with Crippen LogP contribution in [0.4, 0.5) is 11.4 Å². The van der Waals surface area contributed by atoms with Gasteiger partial charge in [0.1, 0.15) is 5.75 Å². The Bertz CT molecular complexity index is 1200. The van der Waals surface area contributed by atoms with Crippen LogP contribution >= 0.6 is 11.6 Å². The van der Waals surface area contributed by atoms with Gasteiger partial charge in [0.15, 0.2) is 18.1 Å². The predicted molar refractivity (Wildman–Crippen MR) is 131 cm³/mol. The monoisotopic (exact) mass is 480 g/mol. The van der Waals surface area contributed by atoms with E-state index in [1.165, 1.54) is 0 Å². The molecule has 0 radical (unpaired) electrons.